The third-order valence-corrected chi connectivity index (χ3v) is 4.30. The maximum Gasteiger partial charge on any atom is 0.227 e. The van der Waals surface area contributed by atoms with Crippen molar-refractivity contribution in [3.63, 3.8) is 0 Å². The first kappa shape index (κ1) is 19.5. The Morgan fingerprint density at radius 3 is 2.30 bits per heavy atom. The van der Waals surface area contributed by atoms with Gasteiger partial charge in [0.25, 0.3) is 0 Å². The number of aryl methyl sites for hydroxylation is 1. The highest BCUT2D eigenvalue weighted by molar-refractivity contribution is 5.82. The lowest BCUT2D eigenvalue weighted by atomic mass is 9.81. The number of hydrogen-bond acceptors (Lipinski definition) is 3. The van der Waals surface area contributed by atoms with Crippen molar-refractivity contribution in [3.8, 4) is 5.75 Å². The molecule has 0 aliphatic carbocycles. The van der Waals surface area contributed by atoms with Gasteiger partial charge in [-0.1, -0.05) is 26.0 Å². The molecule has 0 aliphatic heterocycles. The lowest BCUT2D eigenvalue weighted by molar-refractivity contribution is -0.131. The molecule has 1 aromatic rings. The summed E-state index contributed by atoms with van der Waals surface area (Å²) in [5.74, 6) is 0.844. The van der Waals surface area contributed by atoms with Crippen LogP contribution in [-0.4, -0.2) is 18.1 Å². The normalized spacial score (nSPS) is 12.1. The average Bonchev–Trinajstić information content (AvgIpc) is 2.47. The molecule has 0 bridgehead atoms. The molecule has 0 saturated heterocycles. The standard InChI is InChI=1S/C19H32N2O2/c1-7-19(8-2,13-20)17(22)21-12-15-10-9-14(3)11-16(15)23-18(4,5)6/h9-11H,7-8,12-13,20H2,1-6H3,(H,21,22). The van der Waals surface area contributed by atoms with Crippen molar-refractivity contribution in [1.82, 2.24) is 5.32 Å². The molecule has 0 atom stereocenters. The minimum absolute atomic E-state index is 0.0206. The van der Waals surface area contributed by atoms with Crippen LogP contribution < -0.4 is 15.8 Å². The van der Waals surface area contributed by atoms with E-state index in [0.29, 0.717) is 13.1 Å². The van der Waals surface area contributed by atoms with Gasteiger partial charge in [0.15, 0.2) is 0 Å². The summed E-state index contributed by atoms with van der Waals surface area (Å²) in [6, 6.07) is 6.06. The van der Waals surface area contributed by atoms with E-state index >= 15 is 0 Å². The van der Waals surface area contributed by atoms with Gasteiger partial charge in [-0.3, -0.25) is 4.79 Å². The van der Waals surface area contributed by atoms with Crippen LogP contribution in [0.4, 0.5) is 0 Å². The lowest BCUT2D eigenvalue weighted by Gasteiger charge is -2.29. The van der Waals surface area contributed by atoms with Crippen molar-refractivity contribution in [2.24, 2.45) is 11.1 Å². The van der Waals surface area contributed by atoms with Gasteiger partial charge in [-0.15, -0.1) is 0 Å². The summed E-state index contributed by atoms with van der Waals surface area (Å²) in [5.41, 5.74) is 7.21. The van der Waals surface area contributed by atoms with E-state index in [2.05, 4.69) is 5.32 Å². The van der Waals surface area contributed by atoms with Gasteiger partial charge in [-0.05, 0) is 52.2 Å². The number of ether oxygens (including phenoxy) is 1. The Bertz CT molecular complexity index is 520. The van der Waals surface area contributed by atoms with E-state index in [1.807, 2.05) is 59.7 Å². The molecule has 0 saturated carbocycles. The van der Waals surface area contributed by atoms with E-state index in [-0.39, 0.29) is 11.5 Å². The van der Waals surface area contributed by atoms with Crippen LogP contribution >= 0.6 is 0 Å². The Morgan fingerprint density at radius 2 is 1.83 bits per heavy atom. The number of amides is 1. The van der Waals surface area contributed by atoms with Crippen LogP contribution in [0.5, 0.6) is 5.75 Å². The van der Waals surface area contributed by atoms with Crippen molar-refractivity contribution < 1.29 is 9.53 Å². The second kappa shape index (κ2) is 7.82. The molecule has 1 rings (SSSR count). The summed E-state index contributed by atoms with van der Waals surface area (Å²) in [6.45, 7) is 12.9. The zero-order chi connectivity index (χ0) is 17.7. The number of hydrogen-bond donors (Lipinski definition) is 2. The minimum atomic E-state index is -0.476. The van der Waals surface area contributed by atoms with Gasteiger partial charge in [-0.25, -0.2) is 0 Å². The van der Waals surface area contributed by atoms with E-state index < -0.39 is 5.41 Å². The number of nitrogens with two attached hydrogens (primary N) is 1. The Labute approximate surface area is 140 Å². The smallest absolute Gasteiger partial charge is 0.227 e. The number of rotatable bonds is 7. The molecule has 0 spiro atoms. The molecule has 4 heteroatoms. The van der Waals surface area contributed by atoms with E-state index in [1.165, 1.54) is 0 Å². The number of carbonyl (C=O) groups excluding carboxylic acids is 1. The van der Waals surface area contributed by atoms with E-state index in [9.17, 15) is 4.79 Å². The van der Waals surface area contributed by atoms with Gasteiger partial charge in [0, 0.05) is 18.7 Å². The van der Waals surface area contributed by atoms with Crippen LogP contribution in [0.25, 0.3) is 0 Å². The SMILES string of the molecule is CCC(CC)(CN)C(=O)NCc1ccc(C)cc1OC(C)(C)C. The summed E-state index contributed by atoms with van der Waals surface area (Å²) < 4.78 is 6.03. The second-order valence-electron chi connectivity index (χ2n) is 7.20. The van der Waals surface area contributed by atoms with E-state index in [0.717, 1.165) is 29.7 Å². The van der Waals surface area contributed by atoms with Crippen LogP contribution in [0.2, 0.25) is 0 Å². The lowest BCUT2D eigenvalue weighted by Crippen LogP contribution is -2.45. The van der Waals surface area contributed by atoms with Gasteiger partial charge in [-0.2, -0.15) is 0 Å². The number of carbonyl (C=O) groups is 1. The molecular weight excluding hydrogens is 288 g/mol. The highest BCUT2D eigenvalue weighted by atomic mass is 16.5. The number of nitrogens with one attached hydrogen (secondary N) is 1. The zero-order valence-corrected chi connectivity index (χ0v) is 15.5. The third-order valence-electron chi connectivity index (χ3n) is 4.30. The Hall–Kier alpha value is -1.55. The molecule has 4 nitrogen and oxygen atoms in total. The fourth-order valence-corrected chi connectivity index (χ4v) is 2.55. The van der Waals surface area contributed by atoms with Crippen LogP contribution in [-0.2, 0) is 11.3 Å². The monoisotopic (exact) mass is 320 g/mol. The summed E-state index contributed by atoms with van der Waals surface area (Å²) >= 11 is 0. The van der Waals surface area contributed by atoms with Crippen LogP contribution in [0.3, 0.4) is 0 Å². The average molecular weight is 320 g/mol. The van der Waals surface area contributed by atoms with E-state index in [1.54, 1.807) is 0 Å². The summed E-state index contributed by atoms with van der Waals surface area (Å²) in [4.78, 5) is 12.6. The highest BCUT2D eigenvalue weighted by Gasteiger charge is 2.33. The van der Waals surface area contributed by atoms with E-state index in [4.69, 9.17) is 10.5 Å². The molecule has 23 heavy (non-hydrogen) atoms. The van der Waals surface area contributed by atoms with Crippen LogP contribution in [0.15, 0.2) is 18.2 Å². The number of benzene rings is 1. The summed E-state index contributed by atoms with van der Waals surface area (Å²) in [7, 11) is 0. The molecule has 0 fully saturated rings. The molecule has 1 amide bonds. The maximum atomic E-state index is 12.6. The molecule has 0 heterocycles. The van der Waals surface area contributed by atoms with Gasteiger partial charge in [0.1, 0.15) is 11.4 Å². The van der Waals surface area contributed by atoms with Crippen molar-refractivity contribution in [2.45, 2.75) is 66.5 Å². The molecule has 0 aliphatic rings. The van der Waals surface area contributed by atoms with Crippen molar-refractivity contribution in [3.05, 3.63) is 29.3 Å². The molecule has 0 unspecified atom stereocenters. The van der Waals surface area contributed by atoms with Crippen molar-refractivity contribution in [1.29, 1.82) is 0 Å². The molecular formula is C19H32N2O2. The highest BCUT2D eigenvalue weighted by Crippen LogP contribution is 2.27. The minimum Gasteiger partial charge on any atom is -0.488 e. The van der Waals surface area contributed by atoms with Crippen molar-refractivity contribution in [2.75, 3.05) is 6.54 Å². The summed E-state index contributed by atoms with van der Waals surface area (Å²) in [6.07, 6.45) is 1.48. The fraction of sp³-hybridized carbons (Fsp3) is 0.632. The van der Waals surface area contributed by atoms with Crippen LogP contribution in [0.1, 0.15) is 58.6 Å². The summed E-state index contributed by atoms with van der Waals surface area (Å²) in [5, 5.41) is 3.04. The predicted molar refractivity (Wildman–Crippen MR) is 95.5 cm³/mol. The first-order valence-electron chi connectivity index (χ1n) is 8.44. The second-order valence-corrected chi connectivity index (χ2v) is 7.20. The predicted octanol–water partition coefficient (Wildman–Crippen LogP) is 3.55. The Kier molecular flexibility index (Phi) is 6.63. The molecule has 3 N–H and O–H groups in total. The largest absolute Gasteiger partial charge is 0.488 e. The fourth-order valence-electron chi connectivity index (χ4n) is 2.55. The van der Waals surface area contributed by atoms with Gasteiger partial charge < -0.3 is 15.8 Å². The van der Waals surface area contributed by atoms with Gasteiger partial charge >= 0.3 is 0 Å². The van der Waals surface area contributed by atoms with Crippen LogP contribution in [0, 0.1) is 12.3 Å². The third kappa shape index (κ3) is 5.24. The quantitative estimate of drug-likeness (QED) is 0.807. The van der Waals surface area contributed by atoms with Gasteiger partial charge in [0.2, 0.25) is 5.91 Å². The molecule has 0 radical (unpaired) electrons. The maximum absolute atomic E-state index is 12.6. The zero-order valence-electron chi connectivity index (χ0n) is 15.5. The molecule has 1 aromatic carbocycles. The Balaban J connectivity index is 2.91. The van der Waals surface area contributed by atoms with Gasteiger partial charge in [0.05, 0.1) is 5.41 Å². The first-order chi connectivity index (χ1) is 10.7. The topological polar surface area (TPSA) is 64.4 Å². The Morgan fingerprint density at radius 1 is 1.22 bits per heavy atom. The molecule has 0 aromatic heterocycles. The van der Waals surface area contributed by atoms with Crippen molar-refractivity contribution >= 4 is 5.91 Å². The molecule has 130 valence electrons. The first-order valence-corrected chi connectivity index (χ1v) is 8.44.